The van der Waals surface area contributed by atoms with Crippen LogP contribution in [0.2, 0.25) is 0 Å². The Kier molecular flexibility index (Phi) is 5.16. The summed E-state index contributed by atoms with van der Waals surface area (Å²) in [5.74, 6) is 1.49. The second-order valence-corrected chi connectivity index (χ2v) is 6.94. The predicted molar refractivity (Wildman–Crippen MR) is 109 cm³/mol. The average molecular weight is 373 g/mol. The molecule has 4 aromatic rings. The Bertz CT molecular complexity index is 988. The summed E-state index contributed by atoms with van der Waals surface area (Å²) in [4.78, 5) is 18.0. The summed E-state index contributed by atoms with van der Waals surface area (Å²) in [5, 5.41) is 6.56. The monoisotopic (exact) mass is 373 g/mol. The normalized spacial score (nSPS) is 11.9. The fourth-order valence-corrected chi connectivity index (χ4v) is 3.55. The van der Waals surface area contributed by atoms with Crippen LogP contribution in [0.25, 0.3) is 11.4 Å². The topological polar surface area (TPSA) is 63.6 Å². The van der Waals surface area contributed by atoms with Gasteiger partial charge < -0.3 is 5.32 Å². The molecule has 1 N–H and O–H groups in total. The van der Waals surface area contributed by atoms with Gasteiger partial charge in [-0.25, -0.2) is 15.0 Å². The molecule has 0 saturated carbocycles. The number of benzene rings is 1. The molecular formula is C21H19N5S. The number of rotatable bonds is 6. The van der Waals surface area contributed by atoms with E-state index in [1.54, 1.807) is 23.7 Å². The summed E-state index contributed by atoms with van der Waals surface area (Å²) in [5.41, 5.74) is 3.09. The van der Waals surface area contributed by atoms with E-state index in [2.05, 4.69) is 39.3 Å². The maximum Gasteiger partial charge on any atom is 0.161 e. The molecule has 0 aliphatic rings. The van der Waals surface area contributed by atoms with Crippen molar-refractivity contribution in [2.45, 2.75) is 19.4 Å². The van der Waals surface area contributed by atoms with Gasteiger partial charge in [0.1, 0.15) is 16.9 Å². The van der Waals surface area contributed by atoms with Gasteiger partial charge in [0.15, 0.2) is 5.82 Å². The van der Waals surface area contributed by atoms with Crippen molar-refractivity contribution in [3.63, 3.8) is 0 Å². The lowest BCUT2D eigenvalue weighted by Crippen LogP contribution is -2.14. The van der Waals surface area contributed by atoms with Crippen LogP contribution in [0.3, 0.4) is 0 Å². The first-order valence-corrected chi connectivity index (χ1v) is 9.70. The van der Waals surface area contributed by atoms with Gasteiger partial charge >= 0.3 is 0 Å². The second-order valence-electron chi connectivity index (χ2n) is 6.02. The van der Waals surface area contributed by atoms with Gasteiger partial charge in [0.25, 0.3) is 0 Å². The van der Waals surface area contributed by atoms with Gasteiger partial charge in [-0.2, -0.15) is 0 Å². The number of pyridine rings is 1. The van der Waals surface area contributed by atoms with E-state index < -0.39 is 0 Å². The van der Waals surface area contributed by atoms with Crippen LogP contribution in [0.5, 0.6) is 0 Å². The zero-order valence-corrected chi connectivity index (χ0v) is 15.7. The molecule has 0 bridgehead atoms. The third-order valence-electron chi connectivity index (χ3n) is 4.20. The molecule has 0 aliphatic heterocycles. The molecule has 0 aliphatic carbocycles. The van der Waals surface area contributed by atoms with E-state index in [9.17, 15) is 0 Å². The van der Waals surface area contributed by atoms with Gasteiger partial charge in [-0.05, 0) is 24.1 Å². The molecule has 1 unspecified atom stereocenters. The van der Waals surface area contributed by atoms with Crippen LogP contribution in [0.15, 0.2) is 72.5 Å². The lowest BCUT2D eigenvalue weighted by molar-refractivity contribution is 0.900. The highest BCUT2D eigenvalue weighted by molar-refractivity contribution is 7.09. The first kappa shape index (κ1) is 17.3. The van der Waals surface area contributed by atoms with E-state index in [1.165, 1.54) is 0 Å². The molecule has 3 aromatic heterocycles. The fraction of sp³-hybridized carbons (Fsp3) is 0.143. The summed E-state index contributed by atoms with van der Waals surface area (Å²) >= 11 is 1.63. The SMILES string of the molecule is CCc1cc(NC(c2ccccc2)c2nccs2)nc(-c2ccncc2)n1. The summed E-state index contributed by atoms with van der Waals surface area (Å²) in [6.45, 7) is 2.10. The van der Waals surface area contributed by atoms with E-state index in [4.69, 9.17) is 4.98 Å². The van der Waals surface area contributed by atoms with E-state index >= 15 is 0 Å². The Balaban J connectivity index is 1.73. The summed E-state index contributed by atoms with van der Waals surface area (Å²) in [6, 6.07) is 16.1. The molecule has 0 amide bonds. The molecule has 0 radical (unpaired) electrons. The summed E-state index contributed by atoms with van der Waals surface area (Å²) < 4.78 is 0. The summed E-state index contributed by atoms with van der Waals surface area (Å²) in [6.07, 6.45) is 6.18. The van der Waals surface area contributed by atoms with Gasteiger partial charge in [0.2, 0.25) is 0 Å². The molecule has 1 aromatic carbocycles. The number of hydrogen-bond acceptors (Lipinski definition) is 6. The van der Waals surface area contributed by atoms with Gasteiger partial charge in [-0.3, -0.25) is 4.98 Å². The van der Waals surface area contributed by atoms with Crippen molar-refractivity contribution in [3.05, 3.63) is 88.8 Å². The number of hydrogen-bond donors (Lipinski definition) is 1. The van der Waals surface area contributed by atoms with Gasteiger partial charge in [0.05, 0.1) is 0 Å². The minimum Gasteiger partial charge on any atom is -0.357 e. The molecule has 4 rings (SSSR count). The molecular weight excluding hydrogens is 354 g/mol. The van der Waals surface area contributed by atoms with Crippen molar-refractivity contribution < 1.29 is 0 Å². The minimum atomic E-state index is -0.0592. The van der Waals surface area contributed by atoms with Crippen LogP contribution in [-0.2, 0) is 6.42 Å². The Hall–Kier alpha value is -3.12. The second kappa shape index (κ2) is 8.05. The van der Waals surface area contributed by atoms with E-state index in [1.807, 2.05) is 48.0 Å². The van der Waals surface area contributed by atoms with Crippen molar-refractivity contribution in [2.75, 3.05) is 5.32 Å². The lowest BCUT2D eigenvalue weighted by atomic mass is 10.1. The van der Waals surface area contributed by atoms with Crippen molar-refractivity contribution in [1.82, 2.24) is 19.9 Å². The highest BCUT2D eigenvalue weighted by Crippen LogP contribution is 2.28. The molecule has 3 heterocycles. The van der Waals surface area contributed by atoms with Crippen molar-refractivity contribution in [3.8, 4) is 11.4 Å². The third-order valence-corrected chi connectivity index (χ3v) is 5.04. The first-order valence-electron chi connectivity index (χ1n) is 8.82. The third kappa shape index (κ3) is 4.01. The Morgan fingerprint density at radius 2 is 1.81 bits per heavy atom. The molecule has 6 heteroatoms. The molecule has 27 heavy (non-hydrogen) atoms. The van der Waals surface area contributed by atoms with Crippen LogP contribution < -0.4 is 5.32 Å². The Morgan fingerprint density at radius 1 is 1.00 bits per heavy atom. The maximum atomic E-state index is 4.75. The number of nitrogens with zero attached hydrogens (tertiary/aromatic N) is 4. The molecule has 0 spiro atoms. The highest BCUT2D eigenvalue weighted by Gasteiger charge is 2.18. The zero-order chi connectivity index (χ0) is 18.5. The molecule has 134 valence electrons. The zero-order valence-electron chi connectivity index (χ0n) is 14.9. The van der Waals surface area contributed by atoms with Crippen LogP contribution in [-0.4, -0.2) is 19.9 Å². The van der Waals surface area contributed by atoms with Crippen LogP contribution in [0.1, 0.15) is 29.2 Å². The van der Waals surface area contributed by atoms with Crippen molar-refractivity contribution >= 4 is 17.2 Å². The number of thiazole rings is 1. The van der Waals surface area contributed by atoms with Crippen LogP contribution in [0.4, 0.5) is 5.82 Å². The Morgan fingerprint density at radius 3 is 2.52 bits per heavy atom. The van der Waals surface area contributed by atoms with E-state index in [-0.39, 0.29) is 6.04 Å². The fourth-order valence-electron chi connectivity index (χ4n) is 2.84. The molecule has 0 fully saturated rings. The molecule has 5 nitrogen and oxygen atoms in total. The van der Waals surface area contributed by atoms with Gasteiger partial charge in [-0.1, -0.05) is 37.3 Å². The number of aromatic nitrogens is 4. The highest BCUT2D eigenvalue weighted by atomic mass is 32.1. The Labute approximate surface area is 162 Å². The van der Waals surface area contributed by atoms with Gasteiger partial charge in [0, 0.05) is 41.3 Å². The van der Waals surface area contributed by atoms with Crippen molar-refractivity contribution in [1.29, 1.82) is 0 Å². The number of anilines is 1. The maximum absolute atomic E-state index is 4.75. The van der Waals surface area contributed by atoms with Gasteiger partial charge in [-0.15, -0.1) is 11.3 Å². The van der Waals surface area contributed by atoms with Crippen LogP contribution in [0, 0.1) is 0 Å². The van der Waals surface area contributed by atoms with E-state index in [0.29, 0.717) is 5.82 Å². The number of nitrogens with one attached hydrogen (secondary N) is 1. The largest absolute Gasteiger partial charge is 0.357 e. The van der Waals surface area contributed by atoms with E-state index in [0.717, 1.165) is 34.1 Å². The predicted octanol–water partition coefficient (Wildman–Crippen LogP) is 4.76. The lowest BCUT2D eigenvalue weighted by Gasteiger charge is -2.18. The molecule has 1 atom stereocenters. The van der Waals surface area contributed by atoms with Crippen LogP contribution >= 0.6 is 11.3 Å². The molecule has 0 saturated heterocycles. The smallest absolute Gasteiger partial charge is 0.161 e. The summed E-state index contributed by atoms with van der Waals surface area (Å²) in [7, 11) is 0. The average Bonchev–Trinajstić information content (AvgIpc) is 3.27. The number of aryl methyl sites for hydroxylation is 1. The first-order chi connectivity index (χ1) is 13.3. The van der Waals surface area contributed by atoms with Crippen molar-refractivity contribution in [2.24, 2.45) is 0 Å². The quantitative estimate of drug-likeness (QED) is 0.528. The minimum absolute atomic E-state index is 0.0592. The standard InChI is InChI=1S/C21H19N5S/c1-2-17-14-18(26-20(24-17)16-8-10-22-11-9-16)25-19(21-23-12-13-27-21)15-6-4-3-5-7-15/h3-14,19H,2H2,1H3,(H,24,25,26).